The lowest BCUT2D eigenvalue weighted by Gasteiger charge is -2.33. The molecule has 2 aromatic rings. The minimum Gasteiger partial charge on any atom is -0.494 e. The third kappa shape index (κ3) is 6.43. The van der Waals surface area contributed by atoms with E-state index in [0.717, 1.165) is 22.4 Å². The van der Waals surface area contributed by atoms with Gasteiger partial charge in [0.1, 0.15) is 5.75 Å². The second kappa shape index (κ2) is 11.0. The molecule has 0 bridgehead atoms. The fourth-order valence-electron chi connectivity index (χ4n) is 3.61. The van der Waals surface area contributed by atoms with Gasteiger partial charge in [0.15, 0.2) is 0 Å². The summed E-state index contributed by atoms with van der Waals surface area (Å²) in [7, 11) is 0. The quantitative estimate of drug-likeness (QED) is 0.602. The van der Waals surface area contributed by atoms with Crippen molar-refractivity contribution in [1.29, 1.82) is 0 Å². The number of aliphatic hydroxyl groups excluding tert-OH is 2. The van der Waals surface area contributed by atoms with Crippen molar-refractivity contribution in [3.63, 3.8) is 0 Å². The highest BCUT2D eigenvalue weighted by Crippen LogP contribution is 2.34. The monoisotopic (exact) mass is 420 g/mol. The molecule has 0 spiro atoms. The van der Waals surface area contributed by atoms with Crippen LogP contribution in [-0.2, 0) is 15.9 Å². The molecule has 3 atom stereocenters. The number of rotatable bonds is 9. The summed E-state index contributed by atoms with van der Waals surface area (Å²) in [4.78, 5) is 0. The highest BCUT2D eigenvalue weighted by atomic mass is 35.5. The molecule has 5 nitrogen and oxygen atoms in total. The van der Waals surface area contributed by atoms with Crippen LogP contribution in [0.2, 0.25) is 5.02 Å². The molecule has 3 unspecified atom stereocenters. The predicted octanol–water partition coefficient (Wildman–Crippen LogP) is 3.92. The van der Waals surface area contributed by atoms with Crippen LogP contribution in [-0.4, -0.2) is 48.8 Å². The largest absolute Gasteiger partial charge is 0.494 e. The Bertz CT molecular complexity index is 764. The molecule has 0 amide bonds. The smallest absolute Gasteiger partial charge is 0.119 e. The van der Waals surface area contributed by atoms with Crippen molar-refractivity contribution in [2.45, 2.75) is 44.5 Å². The number of hydrogen-bond donors (Lipinski definition) is 2. The van der Waals surface area contributed by atoms with E-state index in [4.69, 9.17) is 30.9 Å². The third-order valence-electron chi connectivity index (χ3n) is 4.99. The van der Waals surface area contributed by atoms with E-state index in [9.17, 15) is 5.11 Å². The molecule has 0 aliphatic carbocycles. The molecule has 1 heterocycles. The first-order chi connectivity index (χ1) is 14.1. The van der Waals surface area contributed by atoms with Crippen LogP contribution in [0.15, 0.2) is 42.5 Å². The molecule has 1 saturated heterocycles. The van der Waals surface area contributed by atoms with Crippen LogP contribution in [0.1, 0.15) is 42.6 Å². The SMILES string of the molecule is CCOc1ccc(Cc2cc(C3CC(O)CC(COCCO)O3)ccc2Cl)cc1. The van der Waals surface area contributed by atoms with Gasteiger partial charge in [0.2, 0.25) is 0 Å². The Morgan fingerprint density at radius 1 is 1.14 bits per heavy atom. The lowest BCUT2D eigenvalue weighted by Crippen LogP contribution is -2.34. The van der Waals surface area contributed by atoms with Crippen LogP contribution >= 0.6 is 11.6 Å². The molecule has 1 fully saturated rings. The second-order valence-corrected chi connectivity index (χ2v) is 7.68. The number of benzene rings is 2. The molecule has 1 aliphatic rings. The normalized spacial score (nSPS) is 21.9. The molecule has 0 radical (unpaired) electrons. The van der Waals surface area contributed by atoms with Crippen LogP contribution in [0, 0.1) is 0 Å². The van der Waals surface area contributed by atoms with Crippen molar-refractivity contribution in [3.8, 4) is 5.75 Å². The summed E-state index contributed by atoms with van der Waals surface area (Å²) in [5.74, 6) is 0.857. The van der Waals surface area contributed by atoms with E-state index >= 15 is 0 Å². The van der Waals surface area contributed by atoms with Gasteiger partial charge in [0.05, 0.1) is 44.7 Å². The van der Waals surface area contributed by atoms with Crippen LogP contribution < -0.4 is 4.74 Å². The number of ether oxygens (including phenoxy) is 3. The molecule has 29 heavy (non-hydrogen) atoms. The molecule has 0 aromatic heterocycles. The fraction of sp³-hybridized carbons (Fsp3) is 0.478. The van der Waals surface area contributed by atoms with Gasteiger partial charge >= 0.3 is 0 Å². The lowest BCUT2D eigenvalue weighted by molar-refractivity contribution is -0.124. The molecule has 2 aromatic carbocycles. The first-order valence-corrected chi connectivity index (χ1v) is 10.5. The van der Waals surface area contributed by atoms with E-state index in [1.807, 2.05) is 43.3 Å². The molecule has 0 saturated carbocycles. The topological polar surface area (TPSA) is 68.2 Å². The maximum absolute atomic E-state index is 10.3. The zero-order chi connectivity index (χ0) is 20.6. The maximum Gasteiger partial charge on any atom is 0.119 e. The highest BCUT2D eigenvalue weighted by molar-refractivity contribution is 6.31. The summed E-state index contributed by atoms with van der Waals surface area (Å²) in [6.07, 6.45) is 0.937. The summed E-state index contributed by atoms with van der Waals surface area (Å²) in [5, 5.41) is 19.8. The van der Waals surface area contributed by atoms with Crippen molar-refractivity contribution < 1.29 is 24.4 Å². The third-order valence-corrected chi connectivity index (χ3v) is 5.36. The van der Waals surface area contributed by atoms with Crippen molar-refractivity contribution in [3.05, 3.63) is 64.2 Å². The minimum absolute atomic E-state index is 0.0230. The van der Waals surface area contributed by atoms with Crippen molar-refractivity contribution >= 4 is 11.6 Å². The summed E-state index contributed by atoms with van der Waals surface area (Å²) in [6.45, 7) is 3.22. The summed E-state index contributed by atoms with van der Waals surface area (Å²) >= 11 is 6.45. The van der Waals surface area contributed by atoms with E-state index in [2.05, 4.69) is 6.07 Å². The van der Waals surface area contributed by atoms with Crippen LogP contribution in [0.3, 0.4) is 0 Å². The zero-order valence-corrected chi connectivity index (χ0v) is 17.5. The van der Waals surface area contributed by atoms with E-state index in [0.29, 0.717) is 37.5 Å². The predicted molar refractivity (Wildman–Crippen MR) is 113 cm³/mol. The highest BCUT2D eigenvalue weighted by Gasteiger charge is 2.29. The second-order valence-electron chi connectivity index (χ2n) is 7.28. The zero-order valence-electron chi connectivity index (χ0n) is 16.7. The molecule has 1 aliphatic heterocycles. The van der Waals surface area contributed by atoms with Gasteiger partial charge in [-0.05, 0) is 48.2 Å². The van der Waals surface area contributed by atoms with Gasteiger partial charge in [-0.25, -0.2) is 0 Å². The Morgan fingerprint density at radius 2 is 1.93 bits per heavy atom. The Kier molecular flexibility index (Phi) is 8.33. The van der Waals surface area contributed by atoms with Gasteiger partial charge in [-0.2, -0.15) is 0 Å². The first-order valence-electron chi connectivity index (χ1n) is 10.1. The van der Waals surface area contributed by atoms with E-state index in [-0.39, 0.29) is 25.4 Å². The molecular weight excluding hydrogens is 392 g/mol. The molecule has 3 rings (SSSR count). The van der Waals surface area contributed by atoms with E-state index in [1.165, 1.54) is 0 Å². The van der Waals surface area contributed by atoms with Gasteiger partial charge in [0.25, 0.3) is 0 Å². The number of hydrogen-bond acceptors (Lipinski definition) is 5. The summed E-state index contributed by atoms with van der Waals surface area (Å²) < 4.78 is 17.0. The van der Waals surface area contributed by atoms with Crippen molar-refractivity contribution in [1.82, 2.24) is 0 Å². The van der Waals surface area contributed by atoms with Gasteiger partial charge in [-0.15, -0.1) is 0 Å². The lowest BCUT2D eigenvalue weighted by atomic mass is 9.94. The molecule has 6 heteroatoms. The molecule has 158 valence electrons. The fourth-order valence-corrected chi connectivity index (χ4v) is 3.80. The summed E-state index contributed by atoms with van der Waals surface area (Å²) in [5.41, 5.74) is 3.17. The van der Waals surface area contributed by atoms with Crippen LogP contribution in [0.25, 0.3) is 0 Å². The first kappa shape index (κ1) is 22.1. The van der Waals surface area contributed by atoms with Crippen molar-refractivity contribution in [2.24, 2.45) is 0 Å². The Labute approximate surface area is 177 Å². The average Bonchev–Trinajstić information content (AvgIpc) is 2.71. The van der Waals surface area contributed by atoms with Crippen LogP contribution in [0.4, 0.5) is 0 Å². The maximum atomic E-state index is 10.3. The Morgan fingerprint density at radius 3 is 2.66 bits per heavy atom. The van der Waals surface area contributed by atoms with Gasteiger partial charge in [-0.1, -0.05) is 35.9 Å². The Hall–Kier alpha value is -1.63. The van der Waals surface area contributed by atoms with Gasteiger partial charge < -0.3 is 24.4 Å². The minimum atomic E-state index is -0.443. The molecule has 2 N–H and O–H groups in total. The molecular formula is C23H29ClO5. The van der Waals surface area contributed by atoms with E-state index < -0.39 is 6.10 Å². The van der Waals surface area contributed by atoms with Crippen LogP contribution in [0.5, 0.6) is 5.75 Å². The number of halogens is 1. The Balaban J connectivity index is 1.70. The summed E-state index contributed by atoms with van der Waals surface area (Å²) in [6, 6.07) is 13.9. The van der Waals surface area contributed by atoms with E-state index in [1.54, 1.807) is 0 Å². The van der Waals surface area contributed by atoms with Gasteiger partial charge in [-0.3, -0.25) is 0 Å². The standard InChI is InChI=1S/C23H29ClO5/c1-2-28-20-6-3-16(4-7-20)11-18-12-17(5-8-22(18)24)23-14-19(26)13-21(29-23)15-27-10-9-25/h3-8,12,19,21,23,25-26H,2,9-11,13-15H2,1H3. The average molecular weight is 421 g/mol. The van der Waals surface area contributed by atoms with Crippen molar-refractivity contribution in [2.75, 3.05) is 26.4 Å². The van der Waals surface area contributed by atoms with Gasteiger partial charge in [0, 0.05) is 17.9 Å². The number of aliphatic hydroxyl groups is 2.